The summed E-state index contributed by atoms with van der Waals surface area (Å²) < 4.78 is 30.2. The molecule has 0 saturated carbocycles. The Labute approximate surface area is 129 Å². The third-order valence-corrected chi connectivity index (χ3v) is 5.44. The molecule has 0 radical (unpaired) electrons. The average molecular weight is 446 g/mol. The Kier molecular flexibility index (Phi) is 4.86. The topological polar surface area (TPSA) is 61.4 Å². The van der Waals surface area contributed by atoms with Crippen molar-refractivity contribution in [2.45, 2.75) is 0 Å². The molecule has 2 N–H and O–H groups in total. The zero-order valence-electron chi connectivity index (χ0n) is 9.49. The summed E-state index contributed by atoms with van der Waals surface area (Å²) >= 11 is 5.54. The van der Waals surface area contributed by atoms with Gasteiger partial charge in [-0.05, 0) is 56.7 Å². The van der Waals surface area contributed by atoms with Crippen LogP contribution in [0.15, 0.2) is 22.7 Å². The first kappa shape index (κ1) is 14.5. The first-order chi connectivity index (χ1) is 8.49. The summed E-state index contributed by atoms with van der Waals surface area (Å²) in [5, 5.41) is 3.13. The lowest BCUT2D eigenvalue weighted by atomic mass is 10.3. The van der Waals surface area contributed by atoms with E-state index in [0.717, 1.165) is 8.04 Å². The number of nitrogens with zero attached hydrogens (tertiary/aromatic N) is 1. The van der Waals surface area contributed by atoms with Crippen molar-refractivity contribution in [3.8, 4) is 0 Å². The van der Waals surface area contributed by atoms with E-state index in [1.807, 2.05) is 12.1 Å². The number of piperazine rings is 1. The van der Waals surface area contributed by atoms with Crippen LogP contribution in [-0.2, 0) is 10.2 Å². The summed E-state index contributed by atoms with van der Waals surface area (Å²) in [5.74, 6) is 0. The van der Waals surface area contributed by atoms with Crippen LogP contribution in [0.1, 0.15) is 0 Å². The van der Waals surface area contributed by atoms with Gasteiger partial charge in [0.25, 0.3) is 0 Å². The van der Waals surface area contributed by atoms with Gasteiger partial charge in [0.15, 0.2) is 0 Å². The third kappa shape index (κ3) is 3.56. The molecule has 0 bridgehead atoms. The largest absolute Gasteiger partial charge is 0.314 e. The van der Waals surface area contributed by atoms with Crippen LogP contribution in [0.2, 0.25) is 0 Å². The summed E-state index contributed by atoms with van der Waals surface area (Å²) in [6.07, 6.45) is 0. The van der Waals surface area contributed by atoms with Crippen molar-refractivity contribution in [3.63, 3.8) is 0 Å². The number of anilines is 1. The lowest BCUT2D eigenvalue weighted by Crippen LogP contribution is -2.48. The smallest absolute Gasteiger partial charge is 0.301 e. The highest BCUT2D eigenvalue weighted by Gasteiger charge is 2.24. The monoisotopic (exact) mass is 445 g/mol. The molecule has 0 unspecified atom stereocenters. The summed E-state index contributed by atoms with van der Waals surface area (Å²) in [7, 11) is -3.46. The molecule has 18 heavy (non-hydrogen) atoms. The van der Waals surface area contributed by atoms with Crippen molar-refractivity contribution in [3.05, 3.63) is 26.2 Å². The molecule has 0 amide bonds. The average Bonchev–Trinajstić information content (AvgIpc) is 2.34. The van der Waals surface area contributed by atoms with Crippen molar-refractivity contribution in [2.75, 3.05) is 30.9 Å². The van der Waals surface area contributed by atoms with Crippen molar-refractivity contribution in [1.82, 2.24) is 9.62 Å². The number of rotatable bonds is 3. The molecule has 1 heterocycles. The third-order valence-electron chi connectivity index (χ3n) is 2.59. The Balaban J connectivity index is 2.16. The fourth-order valence-electron chi connectivity index (χ4n) is 1.66. The number of nitrogens with one attached hydrogen (secondary N) is 2. The van der Waals surface area contributed by atoms with E-state index in [9.17, 15) is 8.42 Å². The zero-order valence-corrected chi connectivity index (χ0v) is 14.0. The van der Waals surface area contributed by atoms with E-state index in [2.05, 4.69) is 48.6 Å². The Hall–Kier alpha value is 0.1000. The predicted molar refractivity (Wildman–Crippen MR) is 83.8 cm³/mol. The van der Waals surface area contributed by atoms with Gasteiger partial charge in [0, 0.05) is 34.2 Å². The Morgan fingerprint density at radius 1 is 1.33 bits per heavy atom. The highest BCUT2D eigenvalue weighted by Crippen LogP contribution is 2.25. The highest BCUT2D eigenvalue weighted by atomic mass is 127. The van der Waals surface area contributed by atoms with E-state index < -0.39 is 10.2 Å². The van der Waals surface area contributed by atoms with Crippen LogP contribution < -0.4 is 10.0 Å². The van der Waals surface area contributed by atoms with Crippen molar-refractivity contribution >= 4 is 54.4 Å². The molecule has 0 spiro atoms. The molecule has 1 aromatic carbocycles. The lowest BCUT2D eigenvalue weighted by Gasteiger charge is -2.27. The fraction of sp³-hybridized carbons (Fsp3) is 0.400. The number of halogens is 2. The van der Waals surface area contributed by atoms with Crippen LogP contribution in [0.5, 0.6) is 0 Å². The van der Waals surface area contributed by atoms with E-state index in [1.165, 1.54) is 4.31 Å². The van der Waals surface area contributed by atoms with Crippen molar-refractivity contribution in [2.24, 2.45) is 0 Å². The molecule has 0 aliphatic carbocycles. The van der Waals surface area contributed by atoms with Crippen LogP contribution in [0.3, 0.4) is 0 Å². The molecule has 8 heteroatoms. The summed E-state index contributed by atoms with van der Waals surface area (Å²) in [5.41, 5.74) is 0.564. The van der Waals surface area contributed by atoms with E-state index in [4.69, 9.17) is 0 Å². The van der Waals surface area contributed by atoms with E-state index >= 15 is 0 Å². The summed E-state index contributed by atoms with van der Waals surface area (Å²) in [4.78, 5) is 0. The van der Waals surface area contributed by atoms with Gasteiger partial charge in [-0.25, -0.2) is 0 Å². The van der Waals surface area contributed by atoms with Gasteiger partial charge < -0.3 is 5.32 Å². The Morgan fingerprint density at radius 3 is 2.61 bits per heavy atom. The molecule has 0 atom stereocenters. The number of benzene rings is 1. The normalized spacial score (nSPS) is 17.7. The molecule has 5 nitrogen and oxygen atoms in total. The van der Waals surface area contributed by atoms with Gasteiger partial charge in [-0.3, -0.25) is 4.72 Å². The van der Waals surface area contributed by atoms with Gasteiger partial charge in [-0.1, -0.05) is 0 Å². The maximum atomic E-state index is 12.2. The maximum absolute atomic E-state index is 12.2. The maximum Gasteiger partial charge on any atom is 0.301 e. The lowest BCUT2D eigenvalue weighted by molar-refractivity contribution is 0.362. The van der Waals surface area contributed by atoms with Gasteiger partial charge in [0.2, 0.25) is 0 Å². The van der Waals surface area contributed by atoms with Gasteiger partial charge in [-0.2, -0.15) is 12.7 Å². The molecule has 1 aliphatic rings. The zero-order chi connectivity index (χ0) is 13.2. The van der Waals surface area contributed by atoms with Gasteiger partial charge in [-0.15, -0.1) is 0 Å². The molecule has 1 saturated heterocycles. The first-order valence-electron chi connectivity index (χ1n) is 5.43. The second-order valence-corrected chi connectivity index (χ2v) is 7.65. The number of hydrogen-bond donors (Lipinski definition) is 2. The fourth-order valence-corrected chi connectivity index (χ4v) is 4.44. The standard InChI is InChI=1S/C10H13BrIN3O2S/c11-9-7-8(12)1-2-10(9)14-18(16,17)15-5-3-13-4-6-15/h1-2,7,13-14H,3-6H2. The Morgan fingerprint density at radius 2 is 2.00 bits per heavy atom. The quantitative estimate of drug-likeness (QED) is 0.695. The molecule has 1 fully saturated rings. The number of hydrogen-bond acceptors (Lipinski definition) is 3. The predicted octanol–water partition coefficient (Wildman–Crippen LogP) is 1.62. The molecule has 1 aromatic rings. The van der Waals surface area contributed by atoms with Crippen LogP contribution in [0.4, 0.5) is 5.69 Å². The molecule has 100 valence electrons. The minimum atomic E-state index is -3.46. The Bertz CT molecular complexity index is 532. The SMILES string of the molecule is O=S(=O)(Nc1ccc(I)cc1Br)N1CCNCC1. The van der Waals surface area contributed by atoms with Crippen molar-refractivity contribution in [1.29, 1.82) is 0 Å². The molecular weight excluding hydrogens is 433 g/mol. The second-order valence-electron chi connectivity index (χ2n) is 3.88. The summed E-state index contributed by atoms with van der Waals surface area (Å²) in [6.45, 7) is 2.37. The van der Waals surface area contributed by atoms with E-state index in [0.29, 0.717) is 31.9 Å². The van der Waals surface area contributed by atoms with Gasteiger partial charge in [0.05, 0.1) is 5.69 Å². The van der Waals surface area contributed by atoms with Crippen LogP contribution in [0.25, 0.3) is 0 Å². The summed E-state index contributed by atoms with van der Waals surface area (Å²) in [6, 6.07) is 5.49. The molecule has 1 aliphatic heterocycles. The molecule has 2 rings (SSSR count). The van der Waals surface area contributed by atoms with Crippen LogP contribution >= 0.6 is 38.5 Å². The highest BCUT2D eigenvalue weighted by molar-refractivity contribution is 14.1. The minimum Gasteiger partial charge on any atom is -0.314 e. The first-order valence-corrected chi connectivity index (χ1v) is 8.74. The molecular formula is C10H13BrIN3O2S. The van der Waals surface area contributed by atoms with Gasteiger partial charge >= 0.3 is 10.2 Å². The van der Waals surface area contributed by atoms with Crippen LogP contribution in [0, 0.1) is 3.57 Å². The van der Waals surface area contributed by atoms with Gasteiger partial charge in [0.1, 0.15) is 0 Å². The molecule has 0 aromatic heterocycles. The van der Waals surface area contributed by atoms with Crippen LogP contribution in [-0.4, -0.2) is 38.9 Å². The van der Waals surface area contributed by atoms with Crippen molar-refractivity contribution < 1.29 is 8.42 Å². The second kappa shape index (κ2) is 6.04. The minimum absolute atomic E-state index is 0.497. The van der Waals surface area contributed by atoms with E-state index in [-0.39, 0.29) is 0 Å². The van der Waals surface area contributed by atoms with E-state index in [1.54, 1.807) is 6.07 Å².